The number of hydrogen-bond acceptors (Lipinski definition) is 0. The van der Waals surface area contributed by atoms with Gasteiger partial charge in [-0.3, -0.25) is 0 Å². The molecule has 1 aliphatic carbocycles. The summed E-state index contributed by atoms with van der Waals surface area (Å²) < 4.78 is 0. The van der Waals surface area contributed by atoms with Gasteiger partial charge >= 0.3 is 0 Å². The topological polar surface area (TPSA) is 0 Å². The molecule has 0 N–H and O–H groups in total. The molecule has 0 saturated heterocycles. The highest BCUT2D eigenvalue weighted by Gasteiger charge is 2.40. The minimum atomic E-state index is 0.0645. The molecule has 0 heterocycles. The monoisotopic (exact) mass is 428 g/mol. The van der Waals surface area contributed by atoms with Crippen LogP contribution in [0.4, 0.5) is 0 Å². The summed E-state index contributed by atoms with van der Waals surface area (Å²) in [5, 5.41) is 8.21. The zero-order valence-electron chi connectivity index (χ0n) is 20.6. The summed E-state index contributed by atoms with van der Waals surface area (Å²) >= 11 is 0. The highest BCUT2D eigenvalue weighted by Crippen LogP contribution is 2.58. The standard InChI is InChI=1S/C33H32/c1-32(2,3)27-19-26-30(28-22-13-9-7-11-20(22)15-17-24(27)28)29-23-14-10-8-12-21(23)16-18-25(29)31(26)33(4,5)6/h7-19,31H,1-6H3. The summed E-state index contributed by atoms with van der Waals surface area (Å²) in [6.07, 6.45) is 0. The Morgan fingerprint density at radius 2 is 1.15 bits per heavy atom. The SMILES string of the molecule is CC(C)(C)c1cc2c(c3c1ccc1ccccc13)-c1c(ccc3ccccc13)C2C(C)(C)C. The van der Waals surface area contributed by atoms with E-state index in [2.05, 4.69) is 120 Å². The fraction of sp³-hybridized carbons (Fsp3) is 0.273. The van der Waals surface area contributed by atoms with Gasteiger partial charge in [0.05, 0.1) is 0 Å². The van der Waals surface area contributed by atoms with Crippen molar-refractivity contribution >= 4 is 32.3 Å². The van der Waals surface area contributed by atoms with Gasteiger partial charge in [-0.1, -0.05) is 120 Å². The summed E-state index contributed by atoms with van der Waals surface area (Å²) in [6.45, 7) is 14.3. The first-order valence-electron chi connectivity index (χ1n) is 12.2. The molecule has 0 radical (unpaired) electrons. The molecule has 0 bridgehead atoms. The van der Waals surface area contributed by atoms with E-state index in [0.29, 0.717) is 5.92 Å². The largest absolute Gasteiger partial charge is 0.0616 e. The maximum absolute atomic E-state index is 2.55. The second-order valence-corrected chi connectivity index (χ2v) is 11.9. The smallest absolute Gasteiger partial charge is 0.0151 e. The van der Waals surface area contributed by atoms with Crippen molar-refractivity contribution in [2.45, 2.75) is 52.9 Å². The number of hydrogen-bond donors (Lipinski definition) is 0. The van der Waals surface area contributed by atoms with Gasteiger partial charge in [-0.15, -0.1) is 0 Å². The van der Waals surface area contributed by atoms with Crippen LogP contribution in [-0.4, -0.2) is 0 Å². The van der Waals surface area contributed by atoms with Crippen LogP contribution in [0.25, 0.3) is 43.4 Å². The van der Waals surface area contributed by atoms with Gasteiger partial charge in [0.2, 0.25) is 0 Å². The Bertz CT molecular complexity index is 1570. The van der Waals surface area contributed by atoms with Crippen molar-refractivity contribution in [3.05, 3.63) is 95.6 Å². The predicted octanol–water partition coefficient (Wildman–Crippen LogP) is 9.60. The zero-order valence-corrected chi connectivity index (χ0v) is 20.6. The van der Waals surface area contributed by atoms with E-state index in [1.54, 1.807) is 0 Å². The minimum absolute atomic E-state index is 0.0645. The first-order valence-corrected chi connectivity index (χ1v) is 12.2. The summed E-state index contributed by atoms with van der Waals surface area (Å²) in [5.74, 6) is 0.372. The van der Waals surface area contributed by atoms with Crippen LogP contribution in [0, 0.1) is 5.41 Å². The first kappa shape index (κ1) is 20.5. The molecule has 0 heteroatoms. The van der Waals surface area contributed by atoms with Gasteiger partial charge in [0.15, 0.2) is 0 Å². The molecule has 0 nitrogen and oxygen atoms in total. The van der Waals surface area contributed by atoms with E-state index >= 15 is 0 Å². The second-order valence-electron chi connectivity index (χ2n) is 11.9. The lowest BCUT2D eigenvalue weighted by atomic mass is 9.73. The molecule has 33 heavy (non-hydrogen) atoms. The average Bonchev–Trinajstić information content (AvgIpc) is 3.12. The van der Waals surface area contributed by atoms with E-state index in [4.69, 9.17) is 0 Å². The Hall–Kier alpha value is -3.12. The second kappa shape index (κ2) is 6.70. The van der Waals surface area contributed by atoms with Gasteiger partial charge in [-0.05, 0) is 71.0 Å². The minimum Gasteiger partial charge on any atom is -0.0616 e. The lowest BCUT2D eigenvalue weighted by Crippen LogP contribution is -2.19. The first-order chi connectivity index (χ1) is 15.7. The number of rotatable bonds is 0. The van der Waals surface area contributed by atoms with Gasteiger partial charge in [0.25, 0.3) is 0 Å². The quantitative estimate of drug-likeness (QED) is 0.215. The molecule has 1 atom stereocenters. The van der Waals surface area contributed by atoms with Crippen LogP contribution in [0.15, 0.2) is 78.9 Å². The van der Waals surface area contributed by atoms with Gasteiger partial charge < -0.3 is 0 Å². The average molecular weight is 429 g/mol. The molecular formula is C33H32. The lowest BCUT2D eigenvalue weighted by molar-refractivity contribution is 0.363. The predicted molar refractivity (Wildman–Crippen MR) is 144 cm³/mol. The molecule has 0 spiro atoms. The van der Waals surface area contributed by atoms with E-state index in [0.717, 1.165) is 0 Å². The molecule has 1 aliphatic rings. The van der Waals surface area contributed by atoms with E-state index in [1.165, 1.54) is 60.1 Å². The Morgan fingerprint density at radius 1 is 0.545 bits per heavy atom. The highest BCUT2D eigenvalue weighted by atomic mass is 14.4. The molecule has 0 fully saturated rings. The maximum Gasteiger partial charge on any atom is 0.0151 e. The summed E-state index contributed by atoms with van der Waals surface area (Å²) in [7, 11) is 0. The van der Waals surface area contributed by atoms with Crippen molar-refractivity contribution in [1.82, 2.24) is 0 Å². The van der Waals surface area contributed by atoms with Crippen molar-refractivity contribution in [3.63, 3.8) is 0 Å². The Labute approximate surface area is 197 Å². The number of fused-ring (bicyclic) bond motifs is 9. The van der Waals surface area contributed by atoms with Crippen molar-refractivity contribution in [2.24, 2.45) is 5.41 Å². The third-order valence-corrected chi connectivity index (χ3v) is 7.57. The van der Waals surface area contributed by atoms with Gasteiger partial charge in [0, 0.05) is 5.92 Å². The Kier molecular flexibility index (Phi) is 4.16. The van der Waals surface area contributed by atoms with Gasteiger partial charge in [0.1, 0.15) is 0 Å². The fourth-order valence-electron chi connectivity index (χ4n) is 6.24. The third-order valence-electron chi connectivity index (χ3n) is 7.57. The molecule has 5 aromatic carbocycles. The van der Waals surface area contributed by atoms with Crippen LogP contribution in [-0.2, 0) is 5.41 Å². The summed E-state index contributed by atoms with van der Waals surface area (Å²) in [4.78, 5) is 0. The molecule has 0 aromatic heterocycles. The summed E-state index contributed by atoms with van der Waals surface area (Å²) in [5.41, 5.74) is 7.53. The molecule has 0 aliphatic heterocycles. The van der Waals surface area contributed by atoms with E-state index in [9.17, 15) is 0 Å². The highest BCUT2D eigenvalue weighted by molar-refractivity contribution is 6.20. The van der Waals surface area contributed by atoms with Gasteiger partial charge in [-0.25, -0.2) is 0 Å². The lowest BCUT2D eigenvalue weighted by Gasteiger charge is -2.31. The Balaban J connectivity index is 1.92. The molecule has 0 amide bonds. The van der Waals surface area contributed by atoms with Crippen molar-refractivity contribution in [3.8, 4) is 11.1 Å². The molecule has 0 saturated carbocycles. The third kappa shape index (κ3) is 2.90. The molecular weight excluding hydrogens is 396 g/mol. The molecule has 164 valence electrons. The van der Waals surface area contributed by atoms with Crippen LogP contribution < -0.4 is 0 Å². The van der Waals surface area contributed by atoms with Crippen LogP contribution in [0.1, 0.15) is 64.2 Å². The van der Waals surface area contributed by atoms with E-state index in [1.807, 2.05) is 0 Å². The molecule has 5 aromatic rings. The van der Waals surface area contributed by atoms with Crippen LogP contribution in [0.3, 0.4) is 0 Å². The fourth-order valence-corrected chi connectivity index (χ4v) is 6.24. The Morgan fingerprint density at radius 3 is 1.82 bits per heavy atom. The van der Waals surface area contributed by atoms with Crippen LogP contribution in [0.5, 0.6) is 0 Å². The molecule has 6 rings (SSSR count). The maximum atomic E-state index is 2.55. The summed E-state index contributed by atoms with van der Waals surface area (Å²) in [6, 6.07) is 29.8. The van der Waals surface area contributed by atoms with E-state index in [-0.39, 0.29) is 10.8 Å². The van der Waals surface area contributed by atoms with E-state index < -0.39 is 0 Å². The van der Waals surface area contributed by atoms with Crippen LogP contribution in [0.2, 0.25) is 0 Å². The molecule has 1 unspecified atom stereocenters. The van der Waals surface area contributed by atoms with Crippen molar-refractivity contribution in [2.75, 3.05) is 0 Å². The number of benzene rings is 5. The van der Waals surface area contributed by atoms with Crippen LogP contribution >= 0.6 is 0 Å². The van der Waals surface area contributed by atoms with Gasteiger partial charge in [-0.2, -0.15) is 0 Å². The van der Waals surface area contributed by atoms with Crippen molar-refractivity contribution in [1.29, 1.82) is 0 Å². The normalized spacial score (nSPS) is 15.9. The van der Waals surface area contributed by atoms with Crippen molar-refractivity contribution < 1.29 is 0 Å². The zero-order chi connectivity index (χ0) is 23.1.